The third-order valence-corrected chi connectivity index (χ3v) is 4.88. The van der Waals surface area contributed by atoms with E-state index in [2.05, 4.69) is 37.9 Å². The van der Waals surface area contributed by atoms with Gasteiger partial charge in [0.15, 0.2) is 0 Å². The summed E-state index contributed by atoms with van der Waals surface area (Å²) < 4.78 is 11.6. The molecule has 0 aliphatic carbocycles. The van der Waals surface area contributed by atoms with Crippen molar-refractivity contribution in [2.45, 2.75) is 65.7 Å². The first-order valence-corrected chi connectivity index (χ1v) is 10.5. The van der Waals surface area contributed by atoms with Crippen LogP contribution in [0.15, 0.2) is 42.6 Å². The van der Waals surface area contributed by atoms with Gasteiger partial charge >= 0.3 is 0 Å². The molecule has 27 heavy (non-hydrogen) atoms. The molecular weight excluding hydrogens is 334 g/mol. The molecule has 0 fully saturated rings. The topological polar surface area (TPSA) is 31.4 Å². The van der Waals surface area contributed by atoms with Crippen molar-refractivity contribution >= 4 is 0 Å². The number of nitrogens with zero attached hydrogens (tertiary/aromatic N) is 1. The molecule has 0 N–H and O–H groups in total. The summed E-state index contributed by atoms with van der Waals surface area (Å²) in [5.74, 6) is 2.34. The number of pyridine rings is 1. The minimum atomic E-state index is 0.579. The van der Waals surface area contributed by atoms with Crippen molar-refractivity contribution in [2.75, 3.05) is 13.2 Å². The van der Waals surface area contributed by atoms with Crippen LogP contribution >= 0.6 is 0 Å². The molecule has 0 saturated carbocycles. The highest BCUT2D eigenvalue weighted by atomic mass is 16.5. The fraction of sp³-hybridized carbons (Fsp3) is 0.542. The van der Waals surface area contributed by atoms with Crippen molar-refractivity contribution in [3.63, 3.8) is 0 Å². The molecule has 2 aromatic rings. The Morgan fingerprint density at radius 1 is 0.815 bits per heavy atom. The van der Waals surface area contributed by atoms with E-state index < -0.39 is 0 Å². The van der Waals surface area contributed by atoms with Gasteiger partial charge in [-0.1, -0.05) is 59.3 Å². The second kappa shape index (κ2) is 12.4. The van der Waals surface area contributed by atoms with Crippen LogP contribution in [0.1, 0.15) is 65.7 Å². The zero-order chi connectivity index (χ0) is 19.3. The summed E-state index contributed by atoms with van der Waals surface area (Å²) in [7, 11) is 0. The Balaban J connectivity index is 1.75. The first-order valence-electron chi connectivity index (χ1n) is 10.5. The molecule has 0 radical (unpaired) electrons. The van der Waals surface area contributed by atoms with Gasteiger partial charge in [0.05, 0.1) is 25.1 Å². The number of aromatic nitrogens is 1. The lowest BCUT2D eigenvalue weighted by Crippen LogP contribution is -2.06. The second-order valence-corrected chi connectivity index (χ2v) is 7.34. The van der Waals surface area contributed by atoms with Gasteiger partial charge in [0.2, 0.25) is 0 Å². The zero-order valence-electron chi connectivity index (χ0n) is 17.2. The van der Waals surface area contributed by atoms with Crippen LogP contribution < -0.4 is 9.47 Å². The third-order valence-electron chi connectivity index (χ3n) is 4.88. The Morgan fingerprint density at radius 3 is 2.19 bits per heavy atom. The number of hydrogen-bond acceptors (Lipinski definition) is 3. The van der Waals surface area contributed by atoms with Gasteiger partial charge < -0.3 is 9.47 Å². The molecular formula is C24H35NO2. The lowest BCUT2D eigenvalue weighted by atomic mass is 10.1. The van der Waals surface area contributed by atoms with E-state index in [0.717, 1.165) is 48.8 Å². The molecule has 0 saturated heterocycles. The SMILES string of the molecule is CCCCCCCCOc1ccc(-c2ccc(OCC(C)CC)cc2)nc1. The average molecular weight is 370 g/mol. The molecule has 0 amide bonds. The van der Waals surface area contributed by atoms with Crippen molar-refractivity contribution in [2.24, 2.45) is 5.92 Å². The van der Waals surface area contributed by atoms with E-state index in [0.29, 0.717) is 5.92 Å². The molecule has 0 aliphatic heterocycles. The Morgan fingerprint density at radius 2 is 1.52 bits per heavy atom. The maximum Gasteiger partial charge on any atom is 0.137 e. The van der Waals surface area contributed by atoms with Crippen molar-refractivity contribution in [1.29, 1.82) is 0 Å². The largest absolute Gasteiger partial charge is 0.493 e. The summed E-state index contributed by atoms with van der Waals surface area (Å²) >= 11 is 0. The third kappa shape index (κ3) is 8.03. The van der Waals surface area contributed by atoms with Crippen molar-refractivity contribution in [3.05, 3.63) is 42.6 Å². The molecule has 0 spiro atoms. The molecule has 1 aromatic carbocycles. The van der Waals surface area contributed by atoms with E-state index in [1.165, 1.54) is 32.1 Å². The smallest absolute Gasteiger partial charge is 0.137 e. The van der Waals surface area contributed by atoms with Gasteiger partial charge in [-0.05, 0) is 48.7 Å². The molecule has 148 valence electrons. The van der Waals surface area contributed by atoms with Gasteiger partial charge in [0.1, 0.15) is 11.5 Å². The fourth-order valence-corrected chi connectivity index (χ4v) is 2.79. The van der Waals surface area contributed by atoms with E-state index in [1.54, 1.807) is 0 Å². The molecule has 3 heteroatoms. The van der Waals surface area contributed by atoms with E-state index >= 15 is 0 Å². The highest BCUT2D eigenvalue weighted by Crippen LogP contribution is 2.23. The van der Waals surface area contributed by atoms with Gasteiger partial charge in [-0.2, -0.15) is 0 Å². The zero-order valence-corrected chi connectivity index (χ0v) is 17.2. The van der Waals surface area contributed by atoms with E-state index in [9.17, 15) is 0 Å². The van der Waals surface area contributed by atoms with Crippen molar-refractivity contribution < 1.29 is 9.47 Å². The second-order valence-electron chi connectivity index (χ2n) is 7.34. The molecule has 1 atom stereocenters. The van der Waals surface area contributed by atoms with E-state index in [1.807, 2.05) is 30.5 Å². The molecule has 1 unspecified atom stereocenters. The van der Waals surface area contributed by atoms with E-state index in [4.69, 9.17) is 9.47 Å². The molecule has 0 aliphatic rings. The number of hydrogen-bond donors (Lipinski definition) is 0. The Bertz CT molecular complexity index is 622. The van der Waals surface area contributed by atoms with Gasteiger partial charge in [0, 0.05) is 5.56 Å². The standard InChI is InChI=1S/C24H35NO2/c1-4-6-7-8-9-10-17-26-23-15-16-24(25-18-23)21-11-13-22(14-12-21)27-19-20(3)5-2/h11-16,18,20H,4-10,17,19H2,1-3H3. The van der Waals surface area contributed by atoms with Crippen LogP contribution in [0.25, 0.3) is 11.3 Å². The summed E-state index contributed by atoms with van der Waals surface area (Å²) in [6.45, 7) is 8.17. The maximum absolute atomic E-state index is 5.81. The minimum Gasteiger partial charge on any atom is -0.493 e. The first-order chi connectivity index (χ1) is 13.2. The van der Waals surface area contributed by atoms with E-state index in [-0.39, 0.29) is 0 Å². The highest BCUT2D eigenvalue weighted by Gasteiger charge is 2.03. The van der Waals surface area contributed by atoms with Crippen LogP contribution in [0.3, 0.4) is 0 Å². The molecule has 3 nitrogen and oxygen atoms in total. The van der Waals surface area contributed by atoms with Gasteiger partial charge in [-0.15, -0.1) is 0 Å². The minimum absolute atomic E-state index is 0.579. The summed E-state index contributed by atoms with van der Waals surface area (Å²) in [6.07, 6.45) is 10.6. The Labute approximate surface area is 165 Å². The number of unbranched alkanes of at least 4 members (excludes halogenated alkanes) is 5. The van der Waals surface area contributed by atoms with Crippen LogP contribution in [0.4, 0.5) is 0 Å². The summed E-state index contributed by atoms with van der Waals surface area (Å²) in [4.78, 5) is 4.54. The predicted molar refractivity (Wildman–Crippen MR) is 113 cm³/mol. The summed E-state index contributed by atoms with van der Waals surface area (Å²) in [5.41, 5.74) is 2.05. The number of benzene rings is 1. The normalized spacial score (nSPS) is 12.0. The lowest BCUT2D eigenvalue weighted by Gasteiger charge is -2.11. The average Bonchev–Trinajstić information content (AvgIpc) is 2.72. The van der Waals surface area contributed by atoms with Gasteiger partial charge in [-0.3, -0.25) is 4.98 Å². The molecule has 0 bridgehead atoms. The molecule has 2 rings (SSSR count). The predicted octanol–water partition coefficient (Wildman–Crippen LogP) is 6.91. The number of ether oxygens (including phenoxy) is 2. The van der Waals surface area contributed by atoms with Gasteiger partial charge in [-0.25, -0.2) is 0 Å². The summed E-state index contributed by atoms with van der Waals surface area (Å²) in [5, 5.41) is 0. The van der Waals surface area contributed by atoms with Crippen LogP contribution in [0.2, 0.25) is 0 Å². The quantitative estimate of drug-likeness (QED) is 0.359. The van der Waals surface area contributed by atoms with Crippen LogP contribution in [-0.2, 0) is 0 Å². The van der Waals surface area contributed by atoms with Crippen molar-refractivity contribution in [1.82, 2.24) is 4.98 Å². The fourth-order valence-electron chi connectivity index (χ4n) is 2.79. The maximum atomic E-state index is 5.81. The van der Waals surface area contributed by atoms with Crippen molar-refractivity contribution in [3.8, 4) is 22.8 Å². The van der Waals surface area contributed by atoms with Gasteiger partial charge in [0.25, 0.3) is 0 Å². The van der Waals surface area contributed by atoms with Crippen LogP contribution in [0, 0.1) is 5.92 Å². The first kappa shape index (κ1) is 21.3. The Kier molecular flexibility index (Phi) is 9.75. The van der Waals surface area contributed by atoms with Crippen LogP contribution in [0.5, 0.6) is 11.5 Å². The molecule has 1 aromatic heterocycles. The number of rotatable bonds is 13. The molecule has 1 heterocycles. The highest BCUT2D eigenvalue weighted by molar-refractivity contribution is 5.60. The van der Waals surface area contributed by atoms with Crippen LogP contribution in [-0.4, -0.2) is 18.2 Å². The summed E-state index contributed by atoms with van der Waals surface area (Å²) in [6, 6.07) is 12.2. The monoisotopic (exact) mass is 369 g/mol. The Hall–Kier alpha value is -2.03. The lowest BCUT2D eigenvalue weighted by molar-refractivity contribution is 0.256.